The number of carbonyl (C=O) groups is 1. The summed E-state index contributed by atoms with van der Waals surface area (Å²) < 4.78 is 18.0. The molecule has 0 aliphatic heterocycles. The number of hydrogen-bond acceptors (Lipinski definition) is 4. The Morgan fingerprint density at radius 2 is 2.00 bits per heavy atom. The lowest BCUT2D eigenvalue weighted by molar-refractivity contribution is 0.172. The molecule has 2 amide bonds. The van der Waals surface area contributed by atoms with Crippen molar-refractivity contribution in [2.45, 2.75) is 39.3 Å². The number of halogens is 1. The number of carbonyl (C=O) groups excluding carboxylic acids is 1. The third-order valence-electron chi connectivity index (χ3n) is 3.86. The van der Waals surface area contributed by atoms with Gasteiger partial charge >= 0.3 is 6.03 Å². The Balaban J connectivity index is 1.91. The zero-order valence-corrected chi connectivity index (χ0v) is 14.0. The quantitative estimate of drug-likeness (QED) is 0.757. The molecule has 1 aromatic heterocycles. The van der Waals surface area contributed by atoms with Crippen molar-refractivity contribution in [2.24, 2.45) is 0 Å². The Morgan fingerprint density at radius 3 is 2.54 bits per heavy atom. The van der Waals surface area contributed by atoms with E-state index in [-0.39, 0.29) is 18.4 Å². The van der Waals surface area contributed by atoms with Crippen LogP contribution in [0.5, 0.6) is 0 Å². The number of benzene rings is 1. The zero-order chi connectivity index (χ0) is 17.7. The molecule has 1 aromatic carbocycles. The third-order valence-corrected chi connectivity index (χ3v) is 3.86. The second kappa shape index (κ2) is 7.92. The van der Waals surface area contributed by atoms with E-state index in [0.717, 1.165) is 11.3 Å². The Hall–Kier alpha value is -2.41. The summed E-state index contributed by atoms with van der Waals surface area (Å²) in [6.45, 7) is 5.60. The molecule has 0 radical (unpaired) electrons. The number of urea groups is 1. The predicted octanol–water partition coefficient (Wildman–Crippen LogP) is 2.91. The fraction of sp³-hybridized carbons (Fsp3) is 0.412. The molecule has 130 valence electrons. The molecule has 0 saturated heterocycles. The summed E-state index contributed by atoms with van der Waals surface area (Å²) in [4.78, 5) is 12.1. The minimum Gasteiger partial charge on any atom is -0.387 e. The minimum atomic E-state index is -0.907. The molecule has 7 heteroatoms. The van der Waals surface area contributed by atoms with E-state index in [1.165, 1.54) is 24.3 Å². The zero-order valence-electron chi connectivity index (χ0n) is 14.0. The average molecular weight is 335 g/mol. The van der Waals surface area contributed by atoms with Gasteiger partial charge in [-0.2, -0.15) is 0 Å². The van der Waals surface area contributed by atoms with Crippen molar-refractivity contribution in [2.75, 3.05) is 6.54 Å². The number of rotatable bonds is 6. The third kappa shape index (κ3) is 4.32. The van der Waals surface area contributed by atoms with Gasteiger partial charge in [-0.25, -0.2) is 9.18 Å². The SMILES string of the molecule is CCC(NC(=O)NCC(O)c1ccc(F)cc1)c1c(C)noc1C. The van der Waals surface area contributed by atoms with Crippen molar-refractivity contribution in [1.82, 2.24) is 15.8 Å². The van der Waals surface area contributed by atoms with Crippen LogP contribution in [0.4, 0.5) is 9.18 Å². The van der Waals surface area contributed by atoms with E-state index in [1.807, 2.05) is 13.8 Å². The van der Waals surface area contributed by atoms with Crippen molar-refractivity contribution in [3.63, 3.8) is 0 Å². The molecule has 0 aliphatic carbocycles. The molecule has 3 N–H and O–H groups in total. The topological polar surface area (TPSA) is 87.4 Å². The number of aliphatic hydroxyl groups is 1. The number of aryl methyl sites for hydroxylation is 2. The highest BCUT2D eigenvalue weighted by Crippen LogP contribution is 2.23. The van der Waals surface area contributed by atoms with Crippen molar-refractivity contribution in [3.8, 4) is 0 Å². The fourth-order valence-corrected chi connectivity index (χ4v) is 2.57. The molecule has 24 heavy (non-hydrogen) atoms. The van der Waals surface area contributed by atoms with E-state index in [2.05, 4.69) is 15.8 Å². The summed E-state index contributed by atoms with van der Waals surface area (Å²) >= 11 is 0. The van der Waals surface area contributed by atoms with Gasteiger partial charge in [-0.05, 0) is 38.0 Å². The highest BCUT2D eigenvalue weighted by atomic mass is 19.1. The van der Waals surface area contributed by atoms with Gasteiger partial charge < -0.3 is 20.3 Å². The molecule has 2 unspecified atom stereocenters. The molecule has 0 saturated carbocycles. The second-order valence-corrected chi connectivity index (χ2v) is 5.62. The van der Waals surface area contributed by atoms with E-state index in [1.54, 1.807) is 6.92 Å². The highest BCUT2D eigenvalue weighted by Gasteiger charge is 2.21. The largest absolute Gasteiger partial charge is 0.387 e. The van der Waals surface area contributed by atoms with Crippen LogP contribution in [-0.2, 0) is 0 Å². The van der Waals surface area contributed by atoms with Crippen molar-refractivity contribution in [1.29, 1.82) is 0 Å². The molecule has 0 bridgehead atoms. The Labute approximate surface area is 140 Å². The monoisotopic (exact) mass is 335 g/mol. The van der Waals surface area contributed by atoms with Gasteiger partial charge in [-0.15, -0.1) is 0 Å². The van der Waals surface area contributed by atoms with Crippen LogP contribution in [0.2, 0.25) is 0 Å². The van der Waals surface area contributed by atoms with E-state index in [0.29, 0.717) is 17.7 Å². The number of aliphatic hydroxyl groups excluding tert-OH is 1. The summed E-state index contributed by atoms with van der Waals surface area (Å²) in [5.74, 6) is 0.299. The van der Waals surface area contributed by atoms with Gasteiger partial charge in [0.2, 0.25) is 0 Å². The van der Waals surface area contributed by atoms with Crippen LogP contribution >= 0.6 is 0 Å². The lowest BCUT2D eigenvalue weighted by Crippen LogP contribution is -2.40. The van der Waals surface area contributed by atoms with Crippen molar-refractivity contribution >= 4 is 6.03 Å². The molecule has 2 rings (SSSR count). The van der Waals surface area contributed by atoms with Gasteiger partial charge in [-0.1, -0.05) is 24.2 Å². The molecule has 2 atom stereocenters. The van der Waals surface area contributed by atoms with Crippen LogP contribution < -0.4 is 10.6 Å². The van der Waals surface area contributed by atoms with Gasteiger partial charge in [0.05, 0.1) is 17.8 Å². The van der Waals surface area contributed by atoms with E-state index in [4.69, 9.17) is 4.52 Å². The maximum Gasteiger partial charge on any atom is 0.315 e. The van der Waals surface area contributed by atoms with Crippen LogP contribution in [0.15, 0.2) is 28.8 Å². The highest BCUT2D eigenvalue weighted by molar-refractivity contribution is 5.74. The molecule has 2 aromatic rings. The smallest absolute Gasteiger partial charge is 0.315 e. The molecular formula is C17H22FN3O3. The molecule has 1 heterocycles. The summed E-state index contributed by atoms with van der Waals surface area (Å²) in [5, 5.41) is 19.4. The van der Waals surface area contributed by atoms with Crippen molar-refractivity contribution in [3.05, 3.63) is 52.7 Å². The number of nitrogens with zero attached hydrogens (tertiary/aromatic N) is 1. The Morgan fingerprint density at radius 1 is 1.33 bits per heavy atom. The summed E-state index contributed by atoms with van der Waals surface area (Å²) in [6, 6.07) is 4.88. The number of aromatic nitrogens is 1. The number of amides is 2. The molecule has 0 fully saturated rings. The predicted molar refractivity (Wildman–Crippen MR) is 86.9 cm³/mol. The lowest BCUT2D eigenvalue weighted by atomic mass is 10.0. The fourth-order valence-electron chi connectivity index (χ4n) is 2.57. The number of hydrogen-bond donors (Lipinski definition) is 3. The van der Waals surface area contributed by atoms with E-state index in [9.17, 15) is 14.3 Å². The van der Waals surface area contributed by atoms with Crippen LogP contribution in [0.1, 0.15) is 48.1 Å². The van der Waals surface area contributed by atoms with E-state index >= 15 is 0 Å². The Kier molecular flexibility index (Phi) is 5.92. The summed E-state index contributed by atoms with van der Waals surface area (Å²) in [5.41, 5.74) is 2.15. The van der Waals surface area contributed by atoms with Crippen LogP contribution in [0.3, 0.4) is 0 Å². The lowest BCUT2D eigenvalue weighted by Gasteiger charge is -2.18. The second-order valence-electron chi connectivity index (χ2n) is 5.62. The summed E-state index contributed by atoms with van der Waals surface area (Å²) in [6.07, 6.45) is -0.230. The first-order valence-corrected chi connectivity index (χ1v) is 7.83. The maximum atomic E-state index is 12.9. The minimum absolute atomic E-state index is 0.0233. The van der Waals surface area contributed by atoms with Crippen LogP contribution in [0, 0.1) is 19.7 Å². The average Bonchev–Trinajstić information content (AvgIpc) is 2.90. The first-order valence-electron chi connectivity index (χ1n) is 7.83. The van der Waals surface area contributed by atoms with E-state index < -0.39 is 12.1 Å². The van der Waals surface area contributed by atoms with Crippen LogP contribution in [0.25, 0.3) is 0 Å². The molecule has 0 spiro atoms. The standard InChI is InChI=1S/C17H22FN3O3/c1-4-14(16-10(2)21-24-11(16)3)20-17(23)19-9-15(22)12-5-7-13(18)8-6-12/h5-8,14-15,22H,4,9H2,1-3H3,(H2,19,20,23). The first kappa shape index (κ1) is 17.9. The normalized spacial score (nSPS) is 13.4. The van der Waals surface area contributed by atoms with Gasteiger partial charge in [-0.3, -0.25) is 0 Å². The molecule has 6 nitrogen and oxygen atoms in total. The number of nitrogens with one attached hydrogen (secondary N) is 2. The van der Waals surface area contributed by atoms with Gasteiger partial charge in [0, 0.05) is 12.1 Å². The van der Waals surface area contributed by atoms with Gasteiger partial charge in [0.25, 0.3) is 0 Å². The summed E-state index contributed by atoms with van der Waals surface area (Å²) in [7, 11) is 0. The van der Waals surface area contributed by atoms with Crippen molar-refractivity contribution < 1.29 is 18.8 Å². The molecular weight excluding hydrogens is 313 g/mol. The van der Waals surface area contributed by atoms with Gasteiger partial charge in [0.1, 0.15) is 11.6 Å². The Bertz CT molecular complexity index is 665. The van der Waals surface area contributed by atoms with Gasteiger partial charge in [0.15, 0.2) is 0 Å². The first-order chi connectivity index (χ1) is 11.4. The van der Waals surface area contributed by atoms with Crippen LogP contribution in [-0.4, -0.2) is 22.8 Å². The molecule has 0 aliphatic rings. The maximum absolute atomic E-state index is 12.9.